The first kappa shape index (κ1) is 13.7. The summed E-state index contributed by atoms with van der Waals surface area (Å²) in [6, 6.07) is 8.09. The average Bonchev–Trinajstić information content (AvgIpc) is 2.36. The van der Waals surface area contributed by atoms with E-state index in [2.05, 4.69) is 15.9 Å². The Balaban J connectivity index is 2.37. The van der Waals surface area contributed by atoms with Gasteiger partial charge in [0.15, 0.2) is 17.4 Å². The molecule has 5 heteroatoms. The normalized spacial score (nSPS) is 10.3. The highest BCUT2D eigenvalue weighted by atomic mass is 79.9. The molecule has 0 aliphatic rings. The van der Waals surface area contributed by atoms with Crippen LogP contribution in [-0.4, -0.2) is 5.78 Å². The third kappa shape index (κ3) is 3.17. The minimum Gasteiger partial charge on any atom is -0.456 e. The summed E-state index contributed by atoms with van der Waals surface area (Å²) in [4.78, 5) is 11.5. The van der Waals surface area contributed by atoms with Gasteiger partial charge in [-0.1, -0.05) is 15.9 Å². The monoisotopic (exact) mass is 326 g/mol. The van der Waals surface area contributed by atoms with Gasteiger partial charge in [0.05, 0.1) is 5.56 Å². The Morgan fingerprint density at radius 1 is 1.11 bits per heavy atom. The molecule has 2 nitrogen and oxygen atoms in total. The number of carbonyl (C=O) groups is 1. The van der Waals surface area contributed by atoms with Gasteiger partial charge in [-0.25, -0.2) is 8.78 Å². The summed E-state index contributed by atoms with van der Waals surface area (Å²) < 4.78 is 32.0. The molecule has 0 saturated heterocycles. The molecule has 0 spiro atoms. The largest absolute Gasteiger partial charge is 0.456 e. The van der Waals surface area contributed by atoms with E-state index in [1.54, 1.807) is 18.2 Å². The van der Waals surface area contributed by atoms with E-state index in [0.29, 0.717) is 11.3 Å². The van der Waals surface area contributed by atoms with E-state index in [1.807, 2.05) is 0 Å². The molecule has 0 bridgehead atoms. The third-order valence-corrected chi connectivity index (χ3v) is 2.93. The van der Waals surface area contributed by atoms with Crippen LogP contribution in [0.3, 0.4) is 0 Å². The Labute approximate surface area is 117 Å². The van der Waals surface area contributed by atoms with Crippen LogP contribution < -0.4 is 4.74 Å². The highest BCUT2D eigenvalue weighted by Gasteiger charge is 2.11. The van der Waals surface area contributed by atoms with E-state index in [9.17, 15) is 13.6 Å². The lowest BCUT2D eigenvalue weighted by atomic mass is 10.1. The molecule has 0 amide bonds. The SMILES string of the molecule is CC(=O)c1cc(Br)ccc1Oc1ccc(F)c(F)c1. The van der Waals surface area contributed by atoms with E-state index in [4.69, 9.17) is 4.74 Å². The van der Waals surface area contributed by atoms with Crippen LogP contribution in [0, 0.1) is 11.6 Å². The van der Waals surface area contributed by atoms with Crippen molar-refractivity contribution in [1.29, 1.82) is 0 Å². The predicted molar refractivity (Wildman–Crippen MR) is 70.6 cm³/mol. The quantitative estimate of drug-likeness (QED) is 0.763. The molecule has 0 unspecified atom stereocenters. The second-order valence-corrected chi connectivity index (χ2v) is 4.79. The number of carbonyl (C=O) groups excluding carboxylic acids is 1. The number of hydrogen-bond acceptors (Lipinski definition) is 2. The first-order chi connectivity index (χ1) is 8.97. The molecule has 0 aromatic heterocycles. The fourth-order valence-corrected chi connectivity index (χ4v) is 1.89. The first-order valence-corrected chi connectivity index (χ1v) is 6.20. The van der Waals surface area contributed by atoms with Gasteiger partial charge in [-0.3, -0.25) is 4.79 Å². The van der Waals surface area contributed by atoms with E-state index in [1.165, 1.54) is 13.0 Å². The van der Waals surface area contributed by atoms with Crippen molar-refractivity contribution in [1.82, 2.24) is 0 Å². The summed E-state index contributed by atoms with van der Waals surface area (Å²) in [6.45, 7) is 1.40. The van der Waals surface area contributed by atoms with Crippen LogP contribution in [0.4, 0.5) is 8.78 Å². The van der Waals surface area contributed by atoms with Crippen molar-refractivity contribution < 1.29 is 18.3 Å². The molecule has 0 heterocycles. The molecule has 0 aliphatic heterocycles. The summed E-state index contributed by atoms with van der Waals surface area (Å²) in [5.41, 5.74) is 0.360. The van der Waals surface area contributed by atoms with Gasteiger partial charge < -0.3 is 4.74 Å². The van der Waals surface area contributed by atoms with Crippen molar-refractivity contribution in [2.45, 2.75) is 6.92 Å². The molecule has 0 fully saturated rings. The molecule has 0 aliphatic carbocycles. The Morgan fingerprint density at radius 3 is 2.47 bits per heavy atom. The number of ketones is 1. The van der Waals surface area contributed by atoms with Crippen molar-refractivity contribution >= 4 is 21.7 Å². The highest BCUT2D eigenvalue weighted by molar-refractivity contribution is 9.10. The summed E-state index contributed by atoms with van der Waals surface area (Å²) in [5.74, 6) is -1.71. The molecule has 0 atom stereocenters. The Kier molecular flexibility index (Phi) is 3.95. The van der Waals surface area contributed by atoms with Crippen molar-refractivity contribution in [2.24, 2.45) is 0 Å². The zero-order chi connectivity index (χ0) is 14.0. The van der Waals surface area contributed by atoms with Crippen molar-refractivity contribution in [2.75, 3.05) is 0 Å². The lowest BCUT2D eigenvalue weighted by molar-refractivity contribution is 0.101. The number of rotatable bonds is 3. The van der Waals surface area contributed by atoms with Crippen molar-refractivity contribution in [3.8, 4) is 11.5 Å². The number of benzene rings is 2. The molecule has 0 radical (unpaired) electrons. The van der Waals surface area contributed by atoms with Gasteiger partial charge in [0.2, 0.25) is 0 Å². The van der Waals surface area contributed by atoms with Gasteiger partial charge in [0.1, 0.15) is 11.5 Å². The summed E-state index contributed by atoms with van der Waals surface area (Å²) in [7, 11) is 0. The van der Waals surface area contributed by atoms with Crippen LogP contribution in [0.2, 0.25) is 0 Å². The third-order valence-electron chi connectivity index (χ3n) is 2.44. The van der Waals surface area contributed by atoms with Crippen LogP contribution in [-0.2, 0) is 0 Å². The van der Waals surface area contributed by atoms with Gasteiger partial charge in [-0.15, -0.1) is 0 Å². The van der Waals surface area contributed by atoms with Crippen LogP contribution in [0.5, 0.6) is 11.5 Å². The fraction of sp³-hybridized carbons (Fsp3) is 0.0714. The molecule has 2 aromatic rings. The van der Waals surface area contributed by atoms with E-state index in [0.717, 1.165) is 16.6 Å². The fourth-order valence-electron chi connectivity index (χ4n) is 1.53. The molecular weight excluding hydrogens is 318 g/mol. The minimum atomic E-state index is -1.00. The second kappa shape index (κ2) is 5.48. The highest BCUT2D eigenvalue weighted by Crippen LogP contribution is 2.29. The Bertz CT molecular complexity index is 641. The topological polar surface area (TPSA) is 26.3 Å². The number of ether oxygens (including phenoxy) is 1. The van der Waals surface area contributed by atoms with Gasteiger partial charge in [0.25, 0.3) is 0 Å². The zero-order valence-corrected chi connectivity index (χ0v) is 11.5. The number of Topliss-reactive ketones (excluding diaryl/α,β-unsaturated/α-hetero) is 1. The minimum absolute atomic E-state index is 0.128. The van der Waals surface area contributed by atoms with Crippen LogP contribution >= 0.6 is 15.9 Å². The zero-order valence-electron chi connectivity index (χ0n) is 9.91. The molecule has 2 rings (SSSR count). The molecular formula is C14H9BrF2O2. The summed E-state index contributed by atoms with van der Waals surface area (Å²) >= 11 is 3.25. The van der Waals surface area contributed by atoms with E-state index >= 15 is 0 Å². The molecule has 98 valence electrons. The molecule has 2 aromatic carbocycles. The van der Waals surface area contributed by atoms with E-state index in [-0.39, 0.29) is 11.5 Å². The maximum absolute atomic E-state index is 13.1. The van der Waals surface area contributed by atoms with Crippen molar-refractivity contribution in [3.63, 3.8) is 0 Å². The number of hydrogen-bond donors (Lipinski definition) is 0. The summed E-state index contributed by atoms with van der Waals surface area (Å²) in [5, 5.41) is 0. The summed E-state index contributed by atoms with van der Waals surface area (Å²) in [6.07, 6.45) is 0. The predicted octanol–water partition coefficient (Wildman–Crippen LogP) is 4.72. The molecule has 0 saturated carbocycles. The average molecular weight is 327 g/mol. The molecule has 0 N–H and O–H groups in total. The lowest BCUT2D eigenvalue weighted by Crippen LogP contribution is -1.97. The Hall–Kier alpha value is -1.75. The van der Waals surface area contributed by atoms with Gasteiger partial charge >= 0.3 is 0 Å². The van der Waals surface area contributed by atoms with Gasteiger partial charge in [-0.05, 0) is 37.3 Å². The van der Waals surface area contributed by atoms with Crippen molar-refractivity contribution in [3.05, 3.63) is 58.1 Å². The van der Waals surface area contributed by atoms with Crippen LogP contribution in [0.1, 0.15) is 17.3 Å². The van der Waals surface area contributed by atoms with Gasteiger partial charge in [-0.2, -0.15) is 0 Å². The van der Waals surface area contributed by atoms with E-state index < -0.39 is 11.6 Å². The van der Waals surface area contributed by atoms with Crippen LogP contribution in [0.25, 0.3) is 0 Å². The second-order valence-electron chi connectivity index (χ2n) is 3.87. The first-order valence-electron chi connectivity index (χ1n) is 5.41. The smallest absolute Gasteiger partial charge is 0.163 e. The maximum Gasteiger partial charge on any atom is 0.163 e. The standard InChI is InChI=1S/C14H9BrF2O2/c1-8(18)11-6-9(15)2-5-14(11)19-10-3-4-12(16)13(17)7-10/h2-7H,1H3. The lowest BCUT2D eigenvalue weighted by Gasteiger charge is -2.10. The maximum atomic E-state index is 13.1. The van der Waals surface area contributed by atoms with Crippen LogP contribution in [0.15, 0.2) is 40.9 Å². The number of halogens is 3. The Morgan fingerprint density at radius 2 is 1.84 bits per heavy atom. The molecule has 19 heavy (non-hydrogen) atoms. The van der Waals surface area contributed by atoms with Gasteiger partial charge in [0, 0.05) is 10.5 Å².